The lowest BCUT2D eigenvalue weighted by atomic mass is 9.61. The van der Waals surface area contributed by atoms with Gasteiger partial charge in [0, 0.05) is 21.9 Å². The maximum Gasteiger partial charge on any atom is 0.0752 e. The molecule has 0 aromatic heterocycles. The molecule has 2 bridgehead atoms. The zero-order valence-corrected chi connectivity index (χ0v) is 11.4. The van der Waals surface area contributed by atoms with Crippen molar-refractivity contribution in [3.05, 3.63) is 32.3 Å². The van der Waals surface area contributed by atoms with Crippen molar-refractivity contribution in [2.75, 3.05) is 0 Å². The van der Waals surface area contributed by atoms with Crippen molar-refractivity contribution >= 4 is 46.4 Å². The highest BCUT2D eigenvalue weighted by molar-refractivity contribution is 6.51. The lowest BCUT2D eigenvalue weighted by molar-refractivity contribution is 0.187. The molecule has 4 aliphatic rings. The van der Waals surface area contributed by atoms with E-state index in [4.69, 9.17) is 46.4 Å². The third-order valence-corrected chi connectivity index (χ3v) is 5.90. The van der Waals surface area contributed by atoms with Crippen LogP contribution in [0.3, 0.4) is 0 Å². The number of fused-ring (bicyclic) bond motifs is 1. The van der Waals surface area contributed by atoms with Crippen LogP contribution in [0.4, 0.5) is 0 Å². The summed E-state index contributed by atoms with van der Waals surface area (Å²) in [4.78, 5) is 0. The van der Waals surface area contributed by atoms with Gasteiger partial charge in [0.15, 0.2) is 0 Å². The monoisotopic (exact) mass is 294 g/mol. The minimum absolute atomic E-state index is 0.243. The van der Waals surface area contributed by atoms with E-state index in [-0.39, 0.29) is 11.8 Å². The normalized spacial score (nSPS) is 41.8. The maximum atomic E-state index is 6.33. The molecule has 2 unspecified atom stereocenters. The van der Waals surface area contributed by atoms with Crippen molar-refractivity contribution in [1.82, 2.24) is 0 Å². The molecule has 0 amide bonds. The quantitative estimate of drug-likeness (QED) is 0.538. The second kappa shape index (κ2) is 3.95. The van der Waals surface area contributed by atoms with Gasteiger partial charge in [0.05, 0.1) is 10.1 Å². The molecule has 86 valence electrons. The Morgan fingerprint density at radius 1 is 0.750 bits per heavy atom. The third-order valence-electron chi connectivity index (χ3n) is 3.95. The summed E-state index contributed by atoms with van der Waals surface area (Å²) in [5, 5.41) is 2.27. The number of rotatable bonds is 0. The summed E-state index contributed by atoms with van der Waals surface area (Å²) in [6, 6.07) is 0. The number of hydrogen-bond donors (Lipinski definition) is 0. The van der Waals surface area contributed by atoms with Crippen LogP contribution in [0.2, 0.25) is 0 Å². The average molecular weight is 296 g/mol. The number of hydrogen-bond acceptors (Lipinski definition) is 0. The fourth-order valence-electron chi connectivity index (χ4n) is 3.19. The van der Waals surface area contributed by atoms with Crippen molar-refractivity contribution in [2.24, 2.45) is 23.7 Å². The Morgan fingerprint density at radius 2 is 1.12 bits per heavy atom. The van der Waals surface area contributed by atoms with E-state index in [9.17, 15) is 0 Å². The predicted molar refractivity (Wildman–Crippen MR) is 69.8 cm³/mol. The first-order valence-corrected chi connectivity index (χ1v) is 6.91. The Hall–Kier alpha value is 0.380. The smallest absolute Gasteiger partial charge is 0.0752 e. The van der Waals surface area contributed by atoms with E-state index in [0.717, 1.165) is 0 Å². The van der Waals surface area contributed by atoms with E-state index < -0.39 is 0 Å². The molecule has 0 N–H and O–H groups in total. The van der Waals surface area contributed by atoms with Crippen LogP contribution in [-0.4, -0.2) is 0 Å². The van der Waals surface area contributed by atoms with Gasteiger partial charge in [-0.25, -0.2) is 0 Å². The Balaban J connectivity index is 2.15. The highest BCUT2D eigenvalue weighted by Gasteiger charge is 2.47. The lowest BCUT2D eigenvalue weighted by Gasteiger charge is -2.47. The molecular weight excluding hydrogens is 286 g/mol. The summed E-state index contributed by atoms with van der Waals surface area (Å²) in [6.45, 7) is 0. The minimum atomic E-state index is 0.243. The van der Waals surface area contributed by atoms with E-state index in [1.54, 1.807) is 0 Å². The molecule has 0 saturated heterocycles. The average Bonchev–Trinajstić information content (AvgIpc) is 2.34. The molecule has 0 nitrogen and oxygen atoms in total. The molecular formula is C12H10Cl4. The van der Waals surface area contributed by atoms with Crippen molar-refractivity contribution in [3.63, 3.8) is 0 Å². The molecule has 0 radical (unpaired) electrons. The molecule has 0 aromatic carbocycles. The van der Waals surface area contributed by atoms with Gasteiger partial charge in [-0.15, -0.1) is 0 Å². The number of allylic oxidation sites excluding steroid dienone is 6. The van der Waals surface area contributed by atoms with Gasteiger partial charge < -0.3 is 0 Å². The highest BCUT2D eigenvalue weighted by Crippen LogP contribution is 2.57. The molecule has 0 aliphatic heterocycles. The Bertz CT molecular complexity index is 392. The van der Waals surface area contributed by atoms with Gasteiger partial charge in [0.1, 0.15) is 0 Å². The van der Waals surface area contributed by atoms with Crippen LogP contribution in [-0.2, 0) is 0 Å². The van der Waals surface area contributed by atoms with Crippen LogP contribution in [0.1, 0.15) is 12.8 Å². The Labute approximate surface area is 115 Å². The first-order valence-electron chi connectivity index (χ1n) is 5.40. The van der Waals surface area contributed by atoms with Gasteiger partial charge in [-0.05, 0) is 24.7 Å². The zero-order chi connectivity index (χ0) is 11.4. The molecule has 16 heavy (non-hydrogen) atoms. The van der Waals surface area contributed by atoms with E-state index in [2.05, 4.69) is 12.2 Å². The van der Waals surface area contributed by atoms with Gasteiger partial charge in [-0.1, -0.05) is 58.6 Å². The van der Waals surface area contributed by atoms with Crippen LogP contribution < -0.4 is 0 Å². The van der Waals surface area contributed by atoms with Crippen molar-refractivity contribution in [3.8, 4) is 0 Å². The fourth-order valence-corrected chi connectivity index (χ4v) is 4.52. The summed E-state index contributed by atoms with van der Waals surface area (Å²) in [6.07, 6.45) is 6.85. The molecule has 4 heteroatoms. The van der Waals surface area contributed by atoms with Crippen molar-refractivity contribution in [2.45, 2.75) is 12.8 Å². The summed E-state index contributed by atoms with van der Waals surface area (Å²) in [5.41, 5.74) is 0. The molecule has 0 spiro atoms. The minimum Gasteiger partial charge on any atom is -0.0871 e. The second-order valence-corrected chi connectivity index (χ2v) is 6.24. The second-order valence-electron chi connectivity index (χ2n) is 4.67. The van der Waals surface area contributed by atoms with E-state index in [0.29, 0.717) is 32.0 Å². The van der Waals surface area contributed by atoms with E-state index in [1.807, 2.05) is 0 Å². The first-order chi connectivity index (χ1) is 7.61. The van der Waals surface area contributed by atoms with Crippen LogP contribution >= 0.6 is 46.4 Å². The molecule has 1 saturated carbocycles. The van der Waals surface area contributed by atoms with Gasteiger partial charge in [0.2, 0.25) is 0 Å². The predicted octanol–water partition coefficient (Wildman–Crippen LogP) is 5.21. The number of halogens is 4. The van der Waals surface area contributed by atoms with Gasteiger partial charge >= 0.3 is 0 Å². The SMILES string of the molecule is ClC1=C(Cl)C2C(C(Cl)=C1Cl)[C@H]1C=C[C@@H]2CC1. The maximum absolute atomic E-state index is 6.33. The van der Waals surface area contributed by atoms with Crippen molar-refractivity contribution < 1.29 is 0 Å². The van der Waals surface area contributed by atoms with Crippen LogP contribution in [0.25, 0.3) is 0 Å². The molecule has 0 heterocycles. The standard InChI is InChI=1S/C12H10Cl4/c13-9-7-5-1-2-6(4-3-5)8(7)10(14)12(16)11(9)15/h1-2,5-8H,3-4H2/t5-,6+,7?,8?. The first kappa shape index (κ1) is 11.5. The van der Waals surface area contributed by atoms with Crippen molar-refractivity contribution in [1.29, 1.82) is 0 Å². The van der Waals surface area contributed by atoms with Gasteiger partial charge in [0.25, 0.3) is 0 Å². The van der Waals surface area contributed by atoms with E-state index in [1.165, 1.54) is 12.8 Å². The largest absolute Gasteiger partial charge is 0.0871 e. The summed E-state index contributed by atoms with van der Waals surface area (Å²) in [7, 11) is 0. The fraction of sp³-hybridized carbons (Fsp3) is 0.500. The molecule has 1 fully saturated rings. The molecule has 4 rings (SSSR count). The third kappa shape index (κ3) is 1.43. The molecule has 4 aliphatic carbocycles. The van der Waals surface area contributed by atoms with E-state index >= 15 is 0 Å². The lowest BCUT2D eigenvalue weighted by Crippen LogP contribution is -2.39. The van der Waals surface area contributed by atoms with Crippen LogP contribution in [0.15, 0.2) is 32.3 Å². The summed E-state index contributed by atoms with van der Waals surface area (Å²) >= 11 is 24.9. The Morgan fingerprint density at radius 3 is 1.44 bits per heavy atom. The van der Waals surface area contributed by atoms with Crippen LogP contribution in [0.5, 0.6) is 0 Å². The van der Waals surface area contributed by atoms with Crippen LogP contribution in [0, 0.1) is 23.7 Å². The summed E-state index contributed by atoms with van der Waals surface area (Å²) in [5.74, 6) is 1.42. The topological polar surface area (TPSA) is 0 Å². The zero-order valence-electron chi connectivity index (χ0n) is 8.39. The molecule has 0 aromatic rings. The van der Waals surface area contributed by atoms with Gasteiger partial charge in [-0.3, -0.25) is 0 Å². The molecule has 4 atom stereocenters. The Kier molecular flexibility index (Phi) is 2.83. The van der Waals surface area contributed by atoms with Gasteiger partial charge in [-0.2, -0.15) is 0 Å². The highest BCUT2D eigenvalue weighted by atomic mass is 35.5. The summed E-state index contributed by atoms with van der Waals surface area (Å²) < 4.78 is 0.